The van der Waals surface area contributed by atoms with Crippen molar-refractivity contribution >= 4 is 10.0 Å². The SMILES string of the molecule is CCOc1ccc(S(=O)(=O)NCCC(C)N)cc1. The van der Waals surface area contributed by atoms with Crippen LogP contribution in [-0.4, -0.2) is 27.6 Å². The Morgan fingerprint density at radius 1 is 1.33 bits per heavy atom. The van der Waals surface area contributed by atoms with Gasteiger partial charge in [-0.2, -0.15) is 0 Å². The van der Waals surface area contributed by atoms with Crippen molar-refractivity contribution in [1.29, 1.82) is 0 Å². The lowest BCUT2D eigenvalue weighted by Gasteiger charge is -2.09. The molecule has 6 heteroatoms. The zero-order chi connectivity index (χ0) is 13.6. The molecule has 0 saturated heterocycles. The van der Waals surface area contributed by atoms with Crippen LogP contribution in [0.15, 0.2) is 29.2 Å². The number of nitrogens with two attached hydrogens (primary N) is 1. The molecule has 0 aliphatic carbocycles. The average molecular weight is 272 g/mol. The van der Waals surface area contributed by atoms with E-state index in [1.54, 1.807) is 12.1 Å². The van der Waals surface area contributed by atoms with Crippen LogP contribution in [0.1, 0.15) is 20.3 Å². The molecule has 0 spiro atoms. The molecule has 0 heterocycles. The maximum Gasteiger partial charge on any atom is 0.240 e. The van der Waals surface area contributed by atoms with Crippen molar-refractivity contribution in [2.75, 3.05) is 13.2 Å². The average Bonchev–Trinajstić information content (AvgIpc) is 2.29. The van der Waals surface area contributed by atoms with Crippen molar-refractivity contribution in [1.82, 2.24) is 4.72 Å². The largest absolute Gasteiger partial charge is 0.494 e. The van der Waals surface area contributed by atoms with Crippen molar-refractivity contribution < 1.29 is 13.2 Å². The zero-order valence-electron chi connectivity index (χ0n) is 10.7. The Bertz CT molecular complexity index is 455. The van der Waals surface area contributed by atoms with Crippen molar-refractivity contribution in [2.24, 2.45) is 5.73 Å². The summed E-state index contributed by atoms with van der Waals surface area (Å²) in [5, 5.41) is 0. The summed E-state index contributed by atoms with van der Waals surface area (Å²) in [5.41, 5.74) is 5.56. The first-order chi connectivity index (χ1) is 8.45. The minimum Gasteiger partial charge on any atom is -0.494 e. The number of sulfonamides is 1. The molecule has 1 aromatic carbocycles. The van der Waals surface area contributed by atoms with Crippen LogP contribution in [0.2, 0.25) is 0 Å². The van der Waals surface area contributed by atoms with Crippen LogP contribution in [0.3, 0.4) is 0 Å². The fourth-order valence-corrected chi connectivity index (χ4v) is 2.43. The van der Waals surface area contributed by atoms with Crippen LogP contribution in [0.5, 0.6) is 5.75 Å². The molecule has 0 fully saturated rings. The lowest BCUT2D eigenvalue weighted by molar-refractivity contribution is 0.340. The van der Waals surface area contributed by atoms with Crippen LogP contribution in [0, 0.1) is 0 Å². The second-order valence-electron chi connectivity index (χ2n) is 4.07. The smallest absolute Gasteiger partial charge is 0.240 e. The van der Waals surface area contributed by atoms with E-state index in [9.17, 15) is 8.42 Å². The molecular weight excluding hydrogens is 252 g/mol. The number of hydrogen-bond acceptors (Lipinski definition) is 4. The first kappa shape index (κ1) is 14.9. The van der Waals surface area contributed by atoms with E-state index < -0.39 is 10.0 Å². The normalized spacial score (nSPS) is 13.3. The quantitative estimate of drug-likeness (QED) is 0.779. The fraction of sp³-hybridized carbons (Fsp3) is 0.500. The number of rotatable bonds is 7. The van der Waals surface area contributed by atoms with Gasteiger partial charge < -0.3 is 10.5 Å². The predicted molar refractivity (Wildman–Crippen MR) is 71.1 cm³/mol. The maximum absolute atomic E-state index is 11.9. The van der Waals surface area contributed by atoms with Gasteiger partial charge in [-0.25, -0.2) is 13.1 Å². The predicted octanol–water partition coefficient (Wildman–Crippen LogP) is 1.10. The van der Waals surface area contributed by atoms with E-state index in [1.165, 1.54) is 12.1 Å². The van der Waals surface area contributed by atoms with Crippen LogP contribution in [0.4, 0.5) is 0 Å². The van der Waals surface area contributed by atoms with Gasteiger partial charge in [-0.1, -0.05) is 0 Å². The molecule has 18 heavy (non-hydrogen) atoms. The Morgan fingerprint density at radius 3 is 2.44 bits per heavy atom. The summed E-state index contributed by atoms with van der Waals surface area (Å²) in [5.74, 6) is 0.659. The van der Waals surface area contributed by atoms with Crippen molar-refractivity contribution in [3.63, 3.8) is 0 Å². The molecule has 1 unspecified atom stereocenters. The molecule has 0 radical (unpaired) electrons. The summed E-state index contributed by atoms with van der Waals surface area (Å²) >= 11 is 0. The topological polar surface area (TPSA) is 81.4 Å². The van der Waals surface area contributed by atoms with Gasteiger partial charge in [0.1, 0.15) is 5.75 Å². The van der Waals surface area contributed by atoms with Crippen LogP contribution in [0.25, 0.3) is 0 Å². The zero-order valence-corrected chi connectivity index (χ0v) is 11.5. The van der Waals surface area contributed by atoms with Crippen molar-refractivity contribution in [3.05, 3.63) is 24.3 Å². The molecule has 0 saturated carbocycles. The highest BCUT2D eigenvalue weighted by molar-refractivity contribution is 7.89. The molecular formula is C12H20N2O3S. The molecule has 1 aromatic rings. The standard InChI is InChI=1S/C12H20N2O3S/c1-3-17-11-4-6-12(7-5-11)18(15,16)14-9-8-10(2)13/h4-7,10,14H,3,8-9,13H2,1-2H3. The lowest BCUT2D eigenvalue weighted by Crippen LogP contribution is -2.29. The highest BCUT2D eigenvalue weighted by atomic mass is 32.2. The third kappa shape index (κ3) is 4.64. The van der Waals surface area contributed by atoms with Crippen LogP contribution >= 0.6 is 0 Å². The van der Waals surface area contributed by atoms with E-state index in [0.717, 1.165) is 0 Å². The van der Waals surface area contributed by atoms with E-state index >= 15 is 0 Å². The third-order valence-corrected chi connectivity index (χ3v) is 3.81. The van der Waals surface area contributed by atoms with Gasteiger partial charge in [0, 0.05) is 12.6 Å². The Morgan fingerprint density at radius 2 is 1.94 bits per heavy atom. The number of nitrogens with one attached hydrogen (secondary N) is 1. The highest BCUT2D eigenvalue weighted by Crippen LogP contribution is 2.15. The molecule has 1 atom stereocenters. The first-order valence-electron chi connectivity index (χ1n) is 5.94. The fourth-order valence-electron chi connectivity index (χ4n) is 1.39. The van der Waals surface area contributed by atoms with Gasteiger partial charge >= 0.3 is 0 Å². The van der Waals surface area contributed by atoms with Crippen molar-refractivity contribution in [3.8, 4) is 5.75 Å². The van der Waals surface area contributed by atoms with Gasteiger partial charge in [0.15, 0.2) is 0 Å². The van der Waals surface area contributed by atoms with E-state index in [-0.39, 0.29) is 10.9 Å². The van der Waals surface area contributed by atoms with Gasteiger partial charge in [0.2, 0.25) is 10.0 Å². The van der Waals surface area contributed by atoms with Crippen molar-refractivity contribution in [2.45, 2.75) is 31.2 Å². The first-order valence-corrected chi connectivity index (χ1v) is 7.42. The molecule has 3 N–H and O–H groups in total. The second-order valence-corrected chi connectivity index (χ2v) is 5.84. The Kier molecular flexibility index (Phi) is 5.58. The second kappa shape index (κ2) is 6.72. The summed E-state index contributed by atoms with van der Waals surface area (Å²) in [6, 6.07) is 6.32. The number of hydrogen-bond donors (Lipinski definition) is 2. The Balaban J connectivity index is 2.67. The van der Waals surface area contributed by atoms with Crippen LogP contribution in [-0.2, 0) is 10.0 Å². The maximum atomic E-state index is 11.9. The highest BCUT2D eigenvalue weighted by Gasteiger charge is 2.13. The van der Waals surface area contributed by atoms with Gasteiger partial charge in [-0.15, -0.1) is 0 Å². The van der Waals surface area contributed by atoms with Crippen LogP contribution < -0.4 is 15.2 Å². The van der Waals surface area contributed by atoms with Gasteiger partial charge in [-0.3, -0.25) is 0 Å². The molecule has 1 rings (SSSR count). The van der Waals surface area contributed by atoms with E-state index in [4.69, 9.17) is 10.5 Å². The summed E-state index contributed by atoms with van der Waals surface area (Å²) in [7, 11) is -3.45. The van der Waals surface area contributed by atoms with Gasteiger partial charge in [-0.05, 0) is 44.5 Å². The summed E-state index contributed by atoms with van der Waals surface area (Å²) < 4.78 is 31.5. The Hall–Kier alpha value is -1.11. The summed E-state index contributed by atoms with van der Waals surface area (Å²) in [4.78, 5) is 0.232. The van der Waals surface area contributed by atoms with Gasteiger partial charge in [0.05, 0.1) is 11.5 Å². The molecule has 102 valence electrons. The van der Waals surface area contributed by atoms with E-state index in [0.29, 0.717) is 25.3 Å². The molecule has 0 aliphatic rings. The minimum absolute atomic E-state index is 0.0203. The summed E-state index contributed by atoms with van der Waals surface area (Å²) in [6.07, 6.45) is 0.607. The third-order valence-electron chi connectivity index (χ3n) is 2.34. The van der Waals surface area contributed by atoms with E-state index in [1.807, 2.05) is 13.8 Å². The molecule has 0 aliphatic heterocycles. The molecule has 0 bridgehead atoms. The van der Waals surface area contributed by atoms with E-state index in [2.05, 4.69) is 4.72 Å². The monoisotopic (exact) mass is 272 g/mol. The number of benzene rings is 1. The molecule has 0 amide bonds. The summed E-state index contributed by atoms with van der Waals surface area (Å²) in [6.45, 7) is 4.61. The lowest BCUT2D eigenvalue weighted by atomic mass is 10.3. The Labute approximate surface area is 108 Å². The minimum atomic E-state index is -3.45. The molecule has 0 aromatic heterocycles. The number of ether oxygens (including phenoxy) is 1. The van der Waals surface area contributed by atoms with Gasteiger partial charge in [0.25, 0.3) is 0 Å². The molecule has 5 nitrogen and oxygen atoms in total.